The molecule has 2 aliphatic heterocycles. The van der Waals surface area contributed by atoms with E-state index in [9.17, 15) is 4.79 Å². The van der Waals surface area contributed by atoms with Gasteiger partial charge in [0.05, 0.1) is 5.69 Å². The van der Waals surface area contributed by atoms with Gasteiger partial charge in [-0.1, -0.05) is 12.1 Å². The average Bonchev–Trinajstić information content (AvgIpc) is 3.38. The van der Waals surface area contributed by atoms with Crippen molar-refractivity contribution in [3.8, 4) is 0 Å². The molecule has 1 unspecified atom stereocenters. The summed E-state index contributed by atoms with van der Waals surface area (Å²) in [4.78, 5) is 14.8. The maximum absolute atomic E-state index is 12.6. The maximum atomic E-state index is 12.6. The van der Waals surface area contributed by atoms with Gasteiger partial charge in [0.2, 0.25) is 0 Å². The summed E-state index contributed by atoms with van der Waals surface area (Å²) in [6.07, 6.45) is 4.04. The third-order valence-corrected chi connectivity index (χ3v) is 6.61. The maximum Gasteiger partial charge on any atom is 0.319 e. The topological polar surface area (TPSA) is 79.4 Å². The molecule has 1 saturated heterocycles. The number of aryl methyl sites for hydroxylation is 1. The van der Waals surface area contributed by atoms with Crippen molar-refractivity contribution >= 4 is 17.5 Å². The van der Waals surface area contributed by atoms with Crippen LogP contribution >= 0.6 is 0 Å². The molecule has 1 atom stereocenters. The number of carbonyl (C=O) groups excluding carboxylic acids is 1. The summed E-state index contributed by atoms with van der Waals surface area (Å²) >= 11 is 0. The standard InChI is InChI=1S/C22H27N5O2/c1-15-5-6-20(26-25-15)27-10-7-17-16(14-27)3-2-4-18(17)23-21(28)24-19-13-22(19)8-11-29-12-9-22/h2-6,19H,7-14H2,1H3,(H2,23,24,28). The van der Waals surface area contributed by atoms with Gasteiger partial charge in [-0.15, -0.1) is 5.10 Å². The predicted octanol–water partition coefficient (Wildman–Crippen LogP) is 3.04. The van der Waals surface area contributed by atoms with Crippen LogP contribution in [0, 0.1) is 12.3 Å². The van der Waals surface area contributed by atoms with Gasteiger partial charge in [0.15, 0.2) is 5.82 Å². The van der Waals surface area contributed by atoms with E-state index in [2.05, 4.69) is 31.8 Å². The van der Waals surface area contributed by atoms with E-state index in [1.165, 1.54) is 11.1 Å². The van der Waals surface area contributed by atoms with Gasteiger partial charge in [-0.25, -0.2) is 4.79 Å². The SMILES string of the molecule is Cc1ccc(N2CCc3c(cccc3NC(=O)NC3CC34CCOCC4)C2)nn1. The van der Waals surface area contributed by atoms with E-state index in [1.807, 2.05) is 31.2 Å². The predicted molar refractivity (Wildman–Crippen MR) is 111 cm³/mol. The number of ether oxygens (including phenoxy) is 1. The second-order valence-corrected chi connectivity index (χ2v) is 8.48. The normalized spacial score (nSPS) is 22.1. The molecule has 1 saturated carbocycles. The number of anilines is 2. The molecule has 1 aromatic heterocycles. The monoisotopic (exact) mass is 393 g/mol. The first kappa shape index (κ1) is 18.4. The zero-order valence-corrected chi connectivity index (χ0v) is 16.8. The molecule has 2 amide bonds. The molecule has 152 valence electrons. The Balaban J connectivity index is 1.24. The van der Waals surface area contributed by atoms with Crippen LogP contribution < -0.4 is 15.5 Å². The Bertz CT molecular complexity index is 908. The first-order valence-corrected chi connectivity index (χ1v) is 10.4. The van der Waals surface area contributed by atoms with E-state index < -0.39 is 0 Å². The Morgan fingerprint density at radius 1 is 1.21 bits per heavy atom. The number of hydrogen-bond acceptors (Lipinski definition) is 5. The van der Waals surface area contributed by atoms with E-state index in [4.69, 9.17) is 4.74 Å². The highest BCUT2D eigenvalue weighted by molar-refractivity contribution is 5.91. The number of urea groups is 1. The number of rotatable bonds is 3. The van der Waals surface area contributed by atoms with Crippen molar-refractivity contribution in [2.75, 3.05) is 30.0 Å². The lowest BCUT2D eigenvalue weighted by Gasteiger charge is -2.30. The lowest BCUT2D eigenvalue weighted by Crippen LogP contribution is -2.36. The fraction of sp³-hybridized carbons (Fsp3) is 0.500. The van der Waals surface area contributed by atoms with E-state index in [-0.39, 0.29) is 17.5 Å². The van der Waals surface area contributed by atoms with Gasteiger partial charge in [0.25, 0.3) is 0 Å². The minimum absolute atomic E-state index is 0.0985. The number of carbonyl (C=O) groups is 1. The van der Waals surface area contributed by atoms with Crippen molar-refractivity contribution in [3.63, 3.8) is 0 Å². The van der Waals surface area contributed by atoms with Crippen molar-refractivity contribution in [1.82, 2.24) is 15.5 Å². The highest BCUT2D eigenvalue weighted by atomic mass is 16.5. The molecule has 1 aliphatic carbocycles. The van der Waals surface area contributed by atoms with E-state index in [0.29, 0.717) is 0 Å². The van der Waals surface area contributed by atoms with Gasteiger partial charge in [-0.05, 0) is 67.3 Å². The van der Waals surface area contributed by atoms with Gasteiger partial charge in [-0.3, -0.25) is 0 Å². The number of aromatic nitrogens is 2. The lowest BCUT2D eigenvalue weighted by atomic mass is 9.96. The van der Waals surface area contributed by atoms with Crippen molar-refractivity contribution in [1.29, 1.82) is 0 Å². The van der Waals surface area contributed by atoms with Crippen LogP contribution in [0.1, 0.15) is 36.1 Å². The molecule has 3 aliphatic rings. The van der Waals surface area contributed by atoms with Crippen LogP contribution in [0.2, 0.25) is 0 Å². The van der Waals surface area contributed by atoms with Crippen LogP contribution in [-0.2, 0) is 17.7 Å². The van der Waals surface area contributed by atoms with Gasteiger partial charge in [-0.2, -0.15) is 5.10 Å². The second-order valence-electron chi connectivity index (χ2n) is 8.48. The molecular weight excluding hydrogens is 366 g/mol. The molecule has 7 nitrogen and oxygen atoms in total. The Kier molecular flexibility index (Phi) is 4.62. The van der Waals surface area contributed by atoms with Crippen LogP contribution in [-0.4, -0.2) is 42.0 Å². The minimum atomic E-state index is -0.0985. The average molecular weight is 393 g/mol. The summed E-state index contributed by atoms with van der Waals surface area (Å²) in [6, 6.07) is 10.3. The third kappa shape index (κ3) is 3.67. The molecule has 0 bridgehead atoms. The van der Waals surface area contributed by atoms with Gasteiger partial charge in [0.1, 0.15) is 0 Å². The van der Waals surface area contributed by atoms with E-state index >= 15 is 0 Å². The van der Waals surface area contributed by atoms with E-state index in [0.717, 1.165) is 69.2 Å². The molecule has 0 radical (unpaired) electrons. The van der Waals surface area contributed by atoms with Crippen molar-refractivity contribution in [2.24, 2.45) is 5.41 Å². The van der Waals surface area contributed by atoms with Crippen LogP contribution in [0.4, 0.5) is 16.3 Å². The zero-order valence-electron chi connectivity index (χ0n) is 16.8. The molecule has 2 fully saturated rings. The highest BCUT2D eigenvalue weighted by Gasteiger charge is 2.55. The molecule has 1 aromatic carbocycles. The molecule has 2 N–H and O–H groups in total. The molecule has 2 aromatic rings. The van der Waals surface area contributed by atoms with Crippen LogP contribution in [0.5, 0.6) is 0 Å². The van der Waals surface area contributed by atoms with E-state index in [1.54, 1.807) is 0 Å². The third-order valence-electron chi connectivity index (χ3n) is 6.61. The molecule has 29 heavy (non-hydrogen) atoms. The quantitative estimate of drug-likeness (QED) is 0.838. The summed E-state index contributed by atoms with van der Waals surface area (Å²) in [7, 11) is 0. The van der Waals surface area contributed by atoms with Crippen LogP contribution in [0.15, 0.2) is 30.3 Å². The Morgan fingerprint density at radius 2 is 2.07 bits per heavy atom. The number of nitrogens with one attached hydrogen (secondary N) is 2. The molecule has 3 heterocycles. The number of hydrogen-bond donors (Lipinski definition) is 2. The first-order chi connectivity index (χ1) is 14.1. The number of nitrogens with zero attached hydrogens (tertiary/aromatic N) is 3. The number of fused-ring (bicyclic) bond motifs is 1. The van der Waals surface area contributed by atoms with Crippen molar-refractivity contribution in [3.05, 3.63) is 47.2 Å². The fourth-order valence-corrected chi connectivity index (χ4v) is 4.68. The zero-order chi connectivity index (χ0) is 19.8. The van der Waals surface area contributed by atoms with Crippen molar-refractivity contribution in [2.45, 2.75) is 45.2 Å². The summed E-state index contributed by atoms with van der Waals surface area (Å²) < 4.78 is 5.46. The van der Waals surface area contributed by atoms with Crippen LogP contribution in [0.3, 0.4) is 0 Å². The molecular formula is C22H27N5O2. The number of benzene rings is 1. The van der Waals surface area contributed by atoms with Crippen LogP contribution in [0.25, 0.3) is 0 Å². The minimum Gasteiger partial charge on any atom is -0.381 e. The summed E-state index contributed by atoms with van der Waals surface area (Å²) in [5.41, 5.74) is 4.55. The summed E-state index contributed by atoms with van der Waals surface area (Å²) in [5.74, 6) is 0.896. The molecule has 1 spiro atoms. The van der Waals surface area contributed by atoms with Gasteiger partial charge in [0, 0.05) is 38.0 Å². The number of amides is 2. The van der Waals surface area contributed by atoms with Crippen molar-refractivity contribution < 1.29 is 9.53 Å². The highest BCUT2D eigenvalue weighted by Crippen LogP contribution is 2.53. The molecule has 5 rings (SSSR count). The first-order valence-electron chi connectivity index (χ1n) is 10.4. The lowest BCUT2D eigenvalue weighted by molar-refractivity contribution is 0.0548. The second kappa shape index (κ2) is 7.30. The fourth-order valence-electron chi connectivity index (χ4n) is 4.68. The van der Waals surface area contributed by atoms with Gasteiger partial charge >= 0.3 is 6.03 Å². The summed E-state index contributed by atoms with van der Waals surface area (Å²) in [5, 5.41) is 14.8. The van der Waals surface area contributed by atoms with Gasteiger partial charge < -0.3 is 20.3 Å². The largest absolute Gasteiger partial charge is 0.381 e. The Morgan fingerprint density at radius 3 is 2.86 bits per heavy atom. The smallest absolute Gasteiger partial charge is 0.319 e. The Hall–Kier alpha value is -2.67. The Labute approximate surface area is 170 Å². The molecule has 7 heteroatoms. The summed E-state index contributed by atoms with van der Waals surface area (Å²) in [6.45, 7) is 5.20.